The van der Waals surface area contributed by atoms with Crippen LogP contribution in [-0.4, -0.2) is 41.5 Å². The molecule has 0 aliphatic carbocycles. The number of amides is 1. The molecular formula is C15H21N3O5. The molecule has 0 unspecified atom stereocenters. The predicted molar refractivity (Wildman–Crippen MR) is 85.4 cm³/mol. The summed E-state index contributed by atoms with van der Waals surface area (Å²) in [5.74, 6) is -1.81. The van der Waals surface area contributed by atoms with Crippen molar-refractivity contribution in [3.63, 3.8) is 0 Å². The molecule has 2 atom stereocenters. The number of likely N-dealkylation sites (N-methyl/N-ethyl adjacent to an activating group) is 1. The van der Waals surface area contributed by atoms with Crippen LogP contribution >= 0.6 is 0 Å². The summed E-state index contributed by atoms with van der Waals surface area (Å²) < 4.78 is 0. The maximum absolute atomic E-state index is 12.1. The van der Waals surface area contributed by atoms with Gasteiger partial charge in [-0.15, -0.1) is 0 Å². The summed E-state index contributed by atoms with van der Waals surface area (Å²) in [6.07, 6.45) is 0.608. The third-order valence-corrected chi connectivity index (χ3v) is 3.67. The number of rotatable bonds is 8. The number of para-hydroxylation sites is 2. The molecule has 8 nitrogen and oxygen atoms in total. The van der Waals surface area contributed by atoms with Crippen molar-refractivity contribution >= 4 is 23.3 Å². The second kappa shape index (κ2) is 8.11. The van der Waals surface area contributed by atoms with Gasteiger partial charge in [-0.2, -0.15) is 0 Å². The number of anilines is 1. The Kier molecular flexibility index (Phi) is 6.49. The molecule has 0 aliphatic heterocycles. The Hall–Kier alpha value is -2.64. The number of carboxylic acid groups (broad SMARTS) is 1. The fourth-order valence-electron chi connectivity index (χ4n) is 2.14. The smallest absolute Gasteiger partial charge is 0.326 e. The van der Waals surface area contributed by atoms with E-state index < -0.39 is 22.8 Å². The van der Waals surface area contributed by atoms with Crippen molar-refractivity contribution in [3.8, 4) is 0 Å². The number of hydrogen-bond acceptors (Lipinski definition) is 5. The first-order valence-corrected chi connectivity index (χ1v) is 7.24. The number of nitro groups is 1. The number of nitrogens with zero attached hydrogens (tertiary/aromatic N) is 2. The number of carboxylic acids is 1. The van der Waals surface area contributed by atoms with E-state index in [9.17, 15) is 24.8 Å². The largest absolute Gasteiger partial charge is 0.480 e. The molecule has 0 bridgehead atoms. The van der Waals surface area contributed by atoms with Crippen LogP contribution in [0.25, 0.3) is 0 Å². The highest BCUT2D eigenvalue weighted by Crippen LogP contribution is 2.26. The molecule has 0 fully saturated rings. The van der Waals surface area contributed by atoms with E-state index >= 15 is 0 Å². The number of nitro benzene ring substituents is 1. The zero-order valence-electron chi connectivity index (χ0n) is 13.4. The number of nitrogens with one attached hydrogen (secondary N) is 1. The van der Waals surface area contributed by atoms with Gasteiger partial charge in [0.05, 0.1) is 11.5 Å². The second-order valence-corrected chi connectivity index (χ2v) is 5.37. The molecule has 1 aromatic carbocycles. The topological polar surface area (TPSA) is 113 Å². The molecule has 0 aromatic heterocycles. The van der Waals surface area contributed by atoms with Crippen LogP contribution in [0.4, 0.5) is 11.4 Å². The predicted octanol–water partition coefficient (Wildman–Crippen LogP) is 1.65. The monoisotopic (exact) mass is 323 g/mol. The fraction of sp³-hybridized carbons (Fsp3) is 0.467. The van der Waals surface area contributed by atoms with E-state index in [0.717, 1.165) is 0 Å². The summed E-state index contributed by atoms with van der Waals surface area (Å²) in [6, 6.07) is 5.08. The summed E-state index contributed by atoms with van der Waals surface area (Å²) in [4.78, 5) is 35.2. The van der Waals surface area contributed by atoms with E-state index in [4.69, 9.17) is 0 Å². The number of aliphatic carboxylic acids is 1. The van der Waals surface area contributed by atoms with E-state index in [0.29, 0.717) is 12.1 Å². The van der Waals surface area contributed by atoms with Gasteiger partial charge in [0, 0.05) is 13.1 Å². The Morgan fingerprint density at radius 3 is 2.52 bits per heavy atom. The molecule has 0 saturated heterocycles. The molecule has 126 valence electrons. The summed E-state index contributed by atoms with van der Waals surface area (Å²) in [7, 11) is 1.54. The minimum absolute atomic E-state index is 0.112. The lowest BCUT2D eigenvalue weighted by atomic mass is 9.99. The van der Waals surface area contributed by atoms with Crippen molar-refractivity contribution in [1.82, 2.24) is 5.32 Å². The Bertz CT molecular complexity index is 590. The van der Waals surface area contributed by atoms with E-state index in [1.54, 1.807) is 26.1 Å². The molecule has 0 aliphatic rings. The molecule has 1 amide bonds. The van der Waals surface area contributed by atoms with Crippen LogP contribution in [0, 0.1) is 16.0 Å². The highest BCUT2D eigenvalue weighted by atomic mass is 16.6. The maximum Gasteiger partial charge on any atom is 0.326 e. The first kappa shape index (κ1) is 18.4. The van der Waals surface area contributed by atoms with Gasteiger partial charge in [0.25, 0.3) is 5.69 Å². The zero-order valence-corrected chi connectivity index (χ0v) is 13.4. The fourth-order valence-corrected chi connectivity index (χ4v) is 2.14. The third kappa shape index (κ3) is 4.94. The van der Waals surface area contributed by atoms with Crippen molar-refractivity contribution in [2.75, 3.05) is 18.5 Å². The molecule has 1 rings (SSSR count). The first-order chi connectivity index (χ1) is 10.8. The van der Waals surface area contributed by atoms with Gasteiger partial charge in [-0.05, 0) is 12.0 Å². The summed E-state index contributed by atoms with van der Waals surface area (Å²) in [6.45, 7) is 3.40. The van der Waals surface area contributed by atoms with Crippen LogP contribution < -0.4 is 10.2 Å². The highest BCUT2D eigenvalue weighted by molar-refractivity contribution is 5.87. The number of benzene rings is 1. The molecule has 23 heavy (non-hydrogen) atoms. The Morgan fingerprint density at radius 1 is 1.39 bits per heavy atom. The minimum atomic E-state index is -1.10. The lowest BCUT2D eigenvalue weighted by Crippen LogP contribution is -2.48. The van der Waals surface area contributed by atoms with Crippen LogP contribution in [0.2, 0.25) is 0 Å². The molecule has 8 heteroatoms. The Labute approximate surface area is 134 Å². The van der Waals surface area contributed by atoms with Gasteiger partial charge >= 0.3 is 5.97 Å². The molecule has 0 saturated carbocycles. The van der Waals surface area contributed by atoms with Crippen LogP contribution in [0.15, 0.2) is 24.3 Å². The van der Waals surface area contributed by atoms with Crippen LogP contribution in [0.5, 0.6) is 0 Å². The molecule has 2 N–H and O–H groups in total. The summed E-state index contributed by atoms with van der Waals surface area (Å²) in [5.41, 5.74) is 0.183. The summed E-state index contributed by atoms with van der Waals surface area (Å²) in [5, 5.41) is 22.6. The van der Waals surface area contributed by atoms with Gasteiger partial charge in [0.15, 0.2) is 0 Å². The van der Waals surface area contributed by atoms with E-state index in [-0.39, 0.29) is 18.2 Å². The summed E-state index contributed by atoms with van der Waals surface area (Å²) >= 11 is 0. The van der Waals surface area contributed by atoms with Crippen molar-refractivity contribution < 1.29 is 19.6 Å². The number of hydrogen-bond donors (Lipinski definition) is 2. The average Bonchev–Trinajstić information content (AvgIpc) is 2.51. The zero-order chi connectivity index (χ0) is 17.6. The van der Waals surface area contributed by atoms with Crippen molar-refractivity contribution in [2.45, 2.75) is 26.3 Å². The molecule has 1 aromatic rings. The highest BCUT2D eigenvalue weighted by Gasteiger charge is 2.26. The van der Waals surface area contributed by atoms with Gasteiger partial charge in [-0.25, -0.2) is 4.79 Å². The number of carbonyl (C=O) groups excluding carboxylic acids is 1. The first-order valence-electron chi connectivity index (χ1n) is 7.24. The van der Waals surface area contributed by atoms with Gasteiger partial charge in [0.2, 0.25) is 5.91 Å². The van der Waals surface area contributed by atoms with Crippen LogP contribution in [-0.2, 0) is 9.59 Å². The maximum atomic E-state index is 12.1. The van der Waals surface area contributed by atoms with E-state index in [1.165, 1.54) is 17.0 Å². The third-order valence-electron chi connectivity index (χ3n) is 3.67. The SMILES string of the molecule is CC[C@H](C)[C@H](NC(=O)CN(C)c1ccccc1[N+](=O)[O-])C(=O)O. The normalized spacial score (nSPS) is 13.0. The van der Waals surface area contributed by atoms with Gasteiger partial charge in [-0.3, -0.25) is 14.9 Å². The van der Waals surface area contributed by atoms with Crippen molar-refractivity contribution in [2.24, 2.45) is 5.92 Å². The lowest BCUT2D eigenvalue weighted by Gasteiger charge is -2.23. The van der Waals surface area contributed by atoms with E-state index in [1.807, 2.05) is 6.92 Å². The van der Waals surface area contributed by atoms with Gasteiger partial charge in [-0.1, -0.05) is 32.4 Å². The Morgan fingerprint density at radius 2 is 2.00 bits per heavy atom. The molecule has 0 spiro atoms. The standard InChI is InChI=1S/C15H21N3O5/c1-4-10(2)14(15(20)21)16-13(19)9-17(3)11-7-5-6-8-12(11)18(22)23/h5-8,10,14H,4,9H2,1-3H3,(H,16,19)(H,20,21)/t10-,14-/m0/s1. The van der Waals surface area contributed by atoms with Gasteiger partial charge < -0.3 is 15.3 Å². The molecular weight excluding hydrogens is 302 g/mol. The van der Waals surface area contributed by atoms with Crippen molar-refractivity contribution in [3.05, 3.63) is 34.4 Å². The molecule has 0 radical (unpaired) electrons. The lowest BCUT2D eigenvalue weighted by molar-refractivity contribution is -0.384. The van der Waals surface area contributed by atoms with Crippen molar-refractivity contribution in [1.29, 1.82) is 0 Å². The minimum Gasteiger partial charge on any atom is -0.480 e. The molecule has 0 heterocycles. The Balaban J connectivity index is 2.81. The van der Waals surface area contributed by atoms with Crippen LogP contribution in [0.3, 0.4) is 0 Å². The average molecular weight is 323 g/mol. The number of carbonyl (C=O) groups is 2. The van der Waals surface area contributed by atoms with Gasteiger partial charge in [0.1, 0.15) is 11.7 Å². The second-order valence-electron chi connectivity index (χ2n) is 5.37. The van der Waals surface area contributed by atoms with Crippen LogP contribution in [0.1, 0.15) is 20.3 Å². The quantitative estimate of drug-likeness (QED) is 0.555. The van der Waals surface area contributed by atoms with E-state index in [2.05, 4.69) is 5.32 Å².